The summed E-state index contributed by atoms with van der Waals surface area (Å²) in [7, 11) is 0. The molecule has 0 aliphatic rings. The fourth-order valence-electron chi connectivity index (χ4n) is 21.1. The molecule has 21 aromatic carbocycles. The van der Waals surface area contributed by atoms with E-state index in [9.17, 15) is 0 Å². The highest BCUT2D eigenvalue weighted by atomic mass is 15.1. The van der Waals surface area contributed by atoms with Gasteiger partial charge in [-0.05, 0) is 313 Å². The zero-order chi connectivity index (χ0) is 94.9. The first-order chi connectivity index (χ1) is 70.9. The molecule has 27 aromatic rings. The second-order valence-electron chi connectivity index (χ2n) is 36.3. The quantitative estimate of drug-likeness (QED) is 0.0951. The summed E-state index contributed by atoms with van der Waals surface area (Å²) in [5.41, 5.74) is 33.9. The molecule has 7 heteroatoms. The number of hydrogen-bond acceptors (Lipinski definition) is 6. The molecule has 0 radical (unpaired) electrons. The Kier molecular flexibility index (Phi) is 22.6. The van der Waals surface area contributed by atoms with Crippen LogP contribution in [0, 0.1) is 0 Å². The second kappa shape index (κ2) is 37.8. The Labute approximate surface area is 828 Å². The summed E-state index contributed by atoms with van der Waals surface area (Å²) in [6, 6.07) is 180. The molecule has 27 rings (SSSR count). The smallest absolute Gasteiger partial charge is 0.145 e. The molecule has 0 saturated carbocycles. The van der Waals surface area contributed by atoms with Crippen molar-refractivity contribution in [2.24, 2.45) is 0 Å². The van der Waals surface area contributed by atoms with Gasteiger partial charge in [0, 0.05) is 59.6 Å². The van der Waals surface area contributed by atoms with E-state index in [-0.39, 0.29) is 0 Å². The maximum absolute atomic E-state index is 5.12. The van der Waals surface area contributed by atoms with Crippen LogP contribution in [-0.2, 0) is 0 Å². The third kappa shape index (κ3) is 16.5. The van der Waals surface area contributed by atoms with Crippen LogP contribution < -0.4 is 0 Å². The number of hydrogen-bond donors (Lipinski definition) is 0. The standard InChI is InChI=1S/C53H34N2.C43H29N.C40H26N4/c1-2-16-44(17-3-1)55-50-21-11-10-20-49(50)54-53(55)38-26-22-37(23-27-38)41-30-31-47-48(34-41)52(43-29-25-36-13-5-7-15-40(36)33-43)46-19-9-8-18-45(46)51(47)42-28-24-35-12-4-6-14-39(35)32-42;1-3-11-30(12-4-1)33-15-9-18-37(27-33)43-39-20-8-7-19-38(39)42(36-17-10-16-34(28-36)32-23-25-44-26-24-32)40-22-21-35(29-41(40)43)31-13-5-2-6-14-31;1-2-10-27(11-3-1)28-16-19-33-34(24-28)40(30-18-21-38(44-26-30)36-15-7-9-23-42-36)32-13-5-4-12-31(32)39(33)29-17-20-37(43-25-29)35-14-6-8-22-41-35/h1-34H;1-29H;1-26H. The van der Waals surface area contributed by atoms with Crippen molar-refractivity contribution in [2.45, 2.75) is 0 Å². The lowest BCUT2D eigenvalue weighted by molar-refractivity contribution is 1.10. The minimum absolute atomic E-state index is 0.851. The van der Waals surface area contributed by atoms with Crippen molar-refractivity contribution < 1.29 is 0 Å². The summed E-state index contributed by atoms with van der Waals surface area (Å²) in [5, 5.41) is 19.6. The molecule has 6 aromatic heterocycles. The van der Waals surface area contributed by atoms with Gasteiger partial charge >= 0.3 is 0 Å². The third-order valence-electron chi connectivity index (χ3n) is 27.8. The maximum atomic E-state index is 5.12. The molecular weight excluding hydrogens is 1730 g/mol. The van der Waals surface area contributed by atoms with Crippen molar-refractivity contribution in [2.75, 3.05) is 0 Å². The molecule has 668 valence electrons. The van der Waals surface area contributed by atoms with E-state index in [2.05, 4.69) is 487 Å². The minimum atomic E-state index is 0.851. The number of nitrogens with zero attached hydrogens (tertiary/aromatic N) is 7. The summed E-state index contributed by atoms with van der Waals surface area (Å²) in [6.45, 7) is 0. The Hall–Kier alpha value is -19.1. The number of para-hydroxylation sites is 3. The predicted octanol–water partition coefficient (Wildman–Crippen LogP) is 35.9. The van der Waals surface area contributed by atoms with Crippen molar-refractivity contribution in [3.8, 4) is 162 Å². The number of fused-ring (bicyclic) bond motifs is 9. The first-order valence-corrected chi connectivity index (χ1v) is 48.5. The topological polar surface area (TPSA) is 82.3 Å². The summed E-state index contributed by atoms with van der Waals surface area (Å²) < 4.78 is 2.26. The van der Waals surface area contributed by atoms with Crippen molar-refractivity contribution in [1.82, 2.24) is 34.5 Å². The molecule has 7 nitrogen and oxygen atoms in total. The summed E-state index contributed by atoms with van der Waals surface area (Å²) >= 11 is 0. The lowest BCUT2D eigenvalue weighted by Crippen LogP contribution is -1.97. The molecule has 0 bridgehead atoms. The number of rotatable bonds is 15. The molecular formula is C136H89N7. The number of pyridine rings is 5. The third-order valence-corrected chi connectivity index (χ3v) is 27.8. The van der Waals surface area contributed by atoms with Gasteiger partial charge in [0.1, 0.15) is 5.82 Å². The average Bonchev–Trinajstić information content (AvgIpc) is 0.829. The van der Waals surface area contributed by atoms with Crippen LogP contribution in [0.3, 0.4) is 0 Å². The Balaban J connectivity index is 0.000000114. The Bertz CT molecular complexity index is 9450. The van der Waals surface area contributed by atoms with Crippen molar-refractivity contribution >= 4 is 97.2 Å². The van der Waals surface area contributed by atoms with Crippen LogP contribution in [0.1, 0.15) is 0 Å². The van der Waals surface area contributed by atoms with Gasteiger partial charge in [0.25, 0.3) is 0 Å². The van der Waals surface area contributed by atoms with Gasteiger partial charge in [0.15, 0.2) is 0 Å². The monoisotopic (exact) mass is 1820 g/mol. The van der Waals surface area contributed by atoms with Gasteiger partial charge in [-0.1, -0.05) is 388 Å². The number of imidazole rings is 1. The van der Waals surface area contributed by atoms with Gasteiger partial charge in [0.2, 0.25) is 0 Å². The van der Waals surface area contributed by atoms with Crippen LogP contribution in [0.4, 0.5) is 0 Å². The molecule has 0 spiro atoms. The number of benzene rings is 21. The van der Waals surface area contributed by atoms with Crippen LogP contribution in [0.25, 0.3) is 259 Å². The van der Waals surface area contributed by atoms with Gasteiger partial charge < -0.3 is 0 Å². The first-order valence-electron chi connectivity index (χ1n) is 48.5. The fraction of sp³-hybridized carbons (Fsp3) is 0. The van der Waals surface area contributed by atoms with E-state index >= 15 is 0 Å². The SMILES string of the molecule is c1ccc(-c2ccc3c(-c4ccc(-c5ccccn5)nc4)c4ccccc4c(-c4ccc(-c5ccccn5)nc4)c3c2)cc1.c1ccc(-c2cccc(-c3c4ccccc4c(-c4cccc(-c5ccncc5)c4)c4ccc(-c5ccccc5)cc34)c2)cc1.c1ccc(-n2c(-c3ccc(-c4ccc5c(-c6ccc7ccccc7c6)c6ccccc6c(-c6ccc7ccccc7c6)c5c4)cc3)nc3ccccc32)cc1. The molecule has 0 atom stereocenters. The molecule has 0 fully saturated rings. The van der Waals surface area contributed by atoms with Gasteiger partial charge in [-0.15, -0.1) is 0 Å². The molecule has 143 heavy (non-hydrogen) atoms. The fourth-order valence-corrected chi connectivity index (χ4v) is 21.1. The van der Waals surface area contributed by atoms with E-state index in [1.807, 2.05) is 61.2 Å². The molecule has 0 aliphatic carbocycles. The Morgan fingerprint density at radius 2 is 0.448 bits per heavy atom. The highest BCUT2D eigenvalue weighted by Gasteiger charge is 2.25. The van der Waals surface area contributed by atoms with Crippen LogP contribution in [-0.4, -0.2) is 34.5 Å². The Morgan fingerprint density at radius 3 is 0.867 bits per heavy atom. The highest BCUT2D eigenvalue weighted by molar-refractivity contribution is 6.26. The minimum Gasteiger partial charge on any atom is -0.292 e. The summed E-state index contributed by atoms with van der Waals surface area (Å²) in [5.74, 6) is 0.933. The van der Waals surface area contributed by atoms with Crippen molar-refractivity contribution in [1.29, 1.82) is 0 Å². The lowest BCUT2D eigenvalue weighted by atomic mass is 9.84. The summed E-state index contributed by atoms with van der Waals surface area (Å²) in [4.78, 5) is 28.0. The Morgan fingerprint density at radius 1 is 0.154 bits per heavy atom. The molecule has 6 heterocycles. The number of aromatic nitrogens is 7. The van der Waals surface area contributed by atoms with Gasteiger partial charge in [0.05, 0.1) is 33.8 Å². The van der Waals surface area contributed by atoms with Crippen molar-refractivity contribution in [3.05, 3.63) is 541 Å². The van der Waals surface area contributed by atoms with Crippen LogP contribution in [0.5, 0.6) is 0 Å². The molecule has 0 N–H and O–H groups in total. The van der Waals surface area contributed by atoms with Crippen LogP contribution >= 0.6 is 0 Å². The largest absolute Gasteiger partial charge is 0.292 e. The zero-order valence-electron chi connectivity index (χ0n) is 78.0. The summed E-state index contributed by atoms with van der Waals surface area (Å²) in [6.07, 6.45) is 11.3. The van der Waals surface area contributed by atoms with E-state index in [0.717, 1.165) is 84.3 Å². The highest BCUT2D eigenvalue weighted by Crippen LogP contribution is 2.51. The molecule has 0 aliphatic heterocycles. The van der Waals surface area contributed by atoms with E-state index in [1.54, 1.807) is 12.4 Å². The molecule has 0 unspecified atom stereocenters. The van der Waals surface area contributed by atoms with E-state index in [0.29, 0.717) is 0 Å². The van der Waals surface area contributed by atoms with E-state index in [4.69, 9.17) is 15.0 Å². The van der Waals surface area contributed by atoms with Gasteiger partial charge in [-0.3, -0.25) is 29.5 Å². The predicted molar refractivity (Wildman–Crippen MR) is 599 cm³/mol. The van der Waals surface area contributed by atoms with Crippen molar-refractivity contribution in [3.63, 3.8) is 0 Å². The second-order valence-corrected chi connectivity index (χ2v) is 36.3. The zero-order valence-corrected chi connectivity index (χ0v) is 78.0. The molecule has 0 saturated heterocycles. The van der Waals surface area contributed by atoms with E-state index < -0.39 is 0 Å². The maximum Gasteiger partial charge on any atom is 0.145 e. The molecule has 0 amide bonds. The van der Waals surface area contributed by atoms with Gasteiger partial charge in [-0.2, -0.15) is 0 Å². The van der Waals surface area contributed by atoms with Crippen LogP contribution in [0.2, 0.25) is 0 Å². The van der Waals surface area contributed by atoms with E-state index in [1.165, 1.54) is 175 Å². The van der Waals surface area contributed by atoms with Gasteiger partial charge in [-0.25, -0.2) is 4.98 Å². The normalized spacial score (nSPS) is 11.4. The van der Waals surface area contributed by atoms with Crippen LogP contribution in [0.15, 0.2) is 541 Å². The lowest BCUT2D eigenvalue weighted by Gasteiger charge is -2.19. The first kappa shape index (κ1) is 85.6. The average molecular weight is 1820 g/mol.